The van der Waals surface area contributed by atoms with Crippen LogP contribution in [0.3, 0.4) is 0 Å². The fraction of sp³-hybridized carbons (Fsp3) is 0.562. The molecule has 2 aliphatic heterocycles. The first-order valence-corrected chi connectivity index (χ1v) is 7.68. The highest BCUT2D eigenvalue weighted by Gasteiger charge is 2.23. The van der Waals surface area contributed by atoms with E-state index in [2.05, 4.69) is 10.6 Å². The number of benzene rings is 1. The summed E-state index contributed by atoms with van der Waals surface area (Å²) in [6, 6.07) is 7.61. The second-order valence-electron chi connectivity index (χ2n) is 5.63. The number of ether oxygens (including phenoxy) is 2. The molecule has 2 fully saturated rings. The molecule has 3 rings (SSSR count). The molecule has 5 heteroatoms. The van der Waals surface area contributed by atoms with Gasteiger partial charge in [0.1, 0.15) is 11.9 Å². The molecule has 21 heavy (non-hydrogen) atoms. The van der Waals surface area contributed by atoms with Crippen LogP contribution in [0.25, 0.3) is 0 Å². The van der Waals surface area contributed by atoms with Gasteiger partial charge < -0.3 is 20.1 Å². The Morgan fingerprint density at radius 1 is 1.33 bits per heavy atom. The summed E-state index contributed by atoms with van der Waals surface area (Å²) in [5.74, 6) is 0.840. The Labute approximate surface area is 125 Å². The van der Waals surface area contributed by atoms with Crippen molar-refractivity contribution in [3.63, 3.8) is 0 Å². The van der Waals surface area contributed by atoms with Gasteiger partial charge in [0.05, 0.1) is 24.8 Å². The largest absolute Gasteiger partial charge is 0.486 e. The van der Waals surface area contributed by atoms with Crippen molar-refractivity contribution < 1.29 is 14.3 Å². The number of carbonyl (C=O) groups excluding carboxylic acids is 1. The lowest BCUT2D eigenvalue weighted by atomic mass is 9.99. The zero-order valence-corrected chi connectivity index (χ0v) is 12.1. The molecule has 1 aromatic rings. The van der Waals surface area contributed by atoms with E-state index in [1.165, 1.54) is 0 Å². The van der Waals surface area contributed by atoms with Crippen molar-refractivity contribution >= 4 is 11.6 Å². The van der Waals surface area contributed by atoms with Crippen molar-refractivity contribution in [2.75, 3.05) is 31.6 Å². The van der Waals surface area contributed by atoms with Gasteiger partial charge in [-0.3, -0.25) is 4.79 Å². The van der Waals surface area contributed by atoms with Crippen LogP contribution in [0.15, 0.2) is 24.3 Å². The second kappa shape index (κ2) is 6.91. The Morgan fingerprint density at radius 2 is 2.24 bits per heavy atom. The molecule has 0 aliphatic carbocycles. The van der Waals surface area contributed by atoms with Crippen molar-refractivity contribution in [2.24, 2.45) is 5.92 Å². The molecule has 2 atom stereocenters. The van der Waals surface area contributed by atoms with Gasteiger partial charge >= 0.3 is 0 Å². The normalized spacial score (nSPS) is 25.5. The maximum Gasteiger partial charge on any atom is 0.228 e. The van der Waals surface area contributed by atoms with Gasteiger partial charge in [-0.15, -0.1) is 0 Å². The number of nitrogens with one attached hydrogen (secondary N) is 2. The summed E-state index contributed by atoms with van der Waals surface area (Å²) in [7, 11) is 0. The summed E-state index contributed by atoms with van der Waals surface area (Å²) in [4.78, 5) is 12.3. The quantitative estimate of drug-likeness (QED) is 0.887. The number of para-hydroxylation sites is 2. The Morgan fingerprint density at radius 3 is 3.00 bits per heavy atom. The van der Waals surface area contributed by atoms with Gasteiger partial charge in [0, 0.05) is 13.0 Å². The molecule has 1 amide bonds. The van der Waals surface area contributed by atoms with Crippen molar-refractivity contribution in [3.05, 3.63) is 24.3 Å². The van der Waals surface area contributed by atoms with Crippen molar-refractivity contribution in [1.82, 2.24) is 5.32 Å². The zero-order chi connectivity index (χ0) is 14.5. The molecule has 114 valence electrons. The van der Waals surface area contributed by atoms with Crippen LogP contribution < -0.4 is 15.4 Å². The average Bonchev–Trinajstić information content (AvgIpc) is 3.03. The first-order chi connectivity index (χ1) is 10.3. The highest BCUT2D eigenvalue weighted by molar-refractivity contribution is 5.94. The first kappa shape index (κ1) is 14.4. The molecular weight excluding hydrogens is 268 g/mol. The van der Waals surface area contributed by atoms with Gasteiger partial charge in [0.15, 0.2) is 0 Å². The number of hydrogen-bond donors (Lipinski definition) is 2. The minimum atomic E-state index is 0.0432. The Hall–Kier alpha value is -1.59. The van der Waals surface area contributed by atoms with Gasteiger partial charge in [0.2, 0.25) is 5.91 Å². The van der Waals surface area contributed by atoms with Crippen LogP contribution >= 0.6 is 0 Å². The van der Waals surface area contributed by atoms with E-state index in [0.717, 1.165) is 50.4 Å². The molecule has 0 aromatic heterocycles. The number of hydrogen-bond acceptors (Lipinski definition) is 4. The predicted octanol–water partition coefficient (Wildman–Crippen LogP) is 1.79. The molecule has 2 saturated heterocycles. The Bertz CT molecular complexity index is 480. The number of rotatable bonds is 4. The Balaban J connectivity index is 1.65. The highest BCUT2D eigenvalue weighted by Crippen LogP contribution is 2.27. The lowest BCUT2D eigenvalue weighted by Gasteiger charge is -2.23. The van der Waals surface area contributed by atoms with E-state index >= 15 is 0 Å². The van der Waals surface area contributed by atoms with Gasteiger partial charge in [-0.1, -0.05) is 12.1 Å². The average molecular weight is 290 g/mol. The maximum absolute atomic E-state index is 12.3. The van der Waals surface area contributed by atoms with Crippen LogP contribution in [0, 0.1) is 5.92 Å². The van der Waals surface area contributed by atoms with E-state index in [9.17, 15) is 4.79 Å². The molecule has 2 unspecified atom stereocenters. The number of anilines is 1. The van der Waals surface area contributed by atoms with Gasteiger partial charge in [0.25, 0.3) is 0 Å². The van der Waals surface area contributed by atoms with Crippen LogP contribution in [0.1, 0.15) is 19.3 Å². The van der Waals surface area contributed by atoms with E-state index < -0.39 is 0 Å². The lowest BCUT2D eigenvalue weighted by Crippen LogP contribution is -2.37. The van der Waals surface area contributed by atoms with E-state index in [1.807, 2.05) is 24.3 Å². The van der Waals surface area contributed by atoms with Crippen LogP contribution in [0.5, 0.6) is 5.75 Å². The van der Waals surface area contributed by atoms with Crippen molar-refractivity contribution in [1.29, 1.82) is 0 Å². The van der Waals surface area contributed by atoms with E-state index in [1.54, 1.807) is 0 Å². The van der Waals surface area contributed by atoms with Crippen LogP contribution in [0.2, 0.25) is 0 Å². The third-order valence-electron chi connectivity index (χ3n) is 3.99. The van der Waals surface area contributed by atoms with E-state index in [4.69, 9.17) is 9.47 Å². The van der Waals surface area contributed by atoms with Crippen molar-refractivity contribution in [3.8, 4) is 5.75 Å². The lowest BCUT2D eigenvalue weighted by molar-refractivity contribution is -0.120. The van der Waals surface area contributed by atoms with E-state index in [-0.39, 0.29) is 17.9 Å². The molecular formula is C16H22N2O3. The molecule has 2 N–H and O–H groups in total. The maximum atomic E-state index is 12.3. The second-order valence-corrected chi connectivity index (χ2v) is 5.63. The van der Waals surface area contributed by atoms with Crippen LogP contribution in [0.4, 0.5) is 5.69 Å². The summed E-state index contributed by atoms with van der Waals surface area (Å²) in [6.45, 7) is 3.12. The van der Waals surface area contributed by atoms with Crippen LogP contribution in [-0.2, 0) is 9.53 Å². The third kappa shape index (κ3) is 3.74. The summed E-state index contributed by atoms with van der Waals surface area (Å²) in [5, 5.41) is 6.28. The summed E-state index contributed by atoms with van der Waals surface area (Å²) in [6.07, 6.45) is 2.97. The minimum Gasteiger partial charge on any atom is -0.486 e. The summed E-state index contributed by atoms with van der Waals surface area (Å²) in [5.41, 5.74) is 0.750. The van der Waals surface area contributed by atoms with Crippen molar-refractivity contribution in [2.45, 2.75) is 25.4 Å². The number of carbonyl (C=O) groups is 1. The molecule has 5 nitrogen and oxygen atoms in total. The standard InChI is InChI=1S/C16H22N2O3/c19-16(12-4-3-8-17-10-12)18-14-5-1-2-6-15(14)21-13-7-9-20-11-13/h1-2,5-6,12-13,17H,3-4,7-11H2,(H,18,19). The molecule has 0 radical (unpaired) electrons. The fourth-order valence-electron chi connectivity index (χ4n) is 2.77. The molecule has 0 saturated carbocycles. The fourth-order valence-corrected chi connectivity index (χ4v) is 2.77. The zero-order valence-electron chi connectivity index (χ0n) is 12.1. The summed E-state index contributed by atoms with van der Waals surface area (Å²) >= 11 is 0. The summed E-state index contributed by atoms with van der Waals surface area (Å²) < 4.78 is 11.3. The monoisotopic (exact) mass is 290 g/mol. The van der Waals surface area contributed by atoms with Gasteiger partial charge in [-0.25, -0.2) is 0 Å². The molecule has 0 spiro atoms. The molecule has 2 aliphatic rings. The smallest absolute Gasteiger partial charge is 0.228 e. The molecule has 0 bridgehead atoms. The van der Waals surface area contributed by atoms with Crippen LogP contribution in [-0.4, -0.2) is 38.3 Å². The SMILES string of the molecule is O=C(Nc1ccccc1OC1CCOC1)C1CCCNC1. The molecule has 1 aromatic carbocycles. The first-order valence-electron chi connectivity index (χ1n) is 7.68. The molecule has 2 heterocycles. The minimum absolute atomic E-state index is 0.0432. The predicted molar refractivity (Wildman–Crippen MR) is 80.5 cm³/mol. The van der Waals surface area contributed by atoms with Gasteiger partial charge in [-0.05, 0) is 31.5 Å². The topological polar surface area (TPSA) is 59.6 Å². The number of piperidine rings is 1. The van der Waals surface area contributed by atoms with E-state index in [0.29, 0.717) is 6.61 Å². The van der Waals surface area contributed by atoms with Gasteiger partial charge in [-0.2, -0.15) is 0 Å². The number of amides is 1. The Kier molecular flexibility index (Phi) is 4.72. The third-order valence-corrected chi connectivity index (χ3v) is 3.99. The highest BCUT2D eigenvalue weighted by atomic mass is 16.5.